The predicted octanol–water partition coefficient (Wildman–Crippen LogP) is 3.22. The van der Waals surface area contributed by atoms with Gasteiger partial charge in [0.15, 0.2) is 5.13 Å². The Balaban J connectivity index is 2.22. The molecule has 0 unspecified atom stereocenters. The van der Waals surface area contributed by atoms with Crippen molar-refractivity contribution in [1.29, 1.82) is 0 Å². The highest BCUT2D eigenvalue weighted by Crippen LogP contribution is 2.29. The molecule has 0 aliphatic rings. The Morgan fingerprint density at radius 2 is 2.28 bits per heavy atom. The molecule has 94 valence electrons. The summed E-state index contributed by atoms with van der Waals surface area (Å²) in [5.74, 6) is 0. The maximum atomic E-state index is 11.5. The number of hydrogen-bond acceptors (Lipinski definition) is 3. The molecule has 0 saturated heterocycles. The summed E-state index contributed by atoms with van der Waals surface area (Å²) in [6, 6.07) is 3.90. The zero-order chi connectivity index (χ0) is 13.1. The van der Waals surface area contributed by atoms with Crippen molar-refractivity contribution in [2.24, 2.45) is 0 Å². The minimum atomic E-state index is -0.261. The summed E-state index contributed by atoms with van der Waals surface area (Å²) in [6.07, 6.45) is 1.63. The Hall–Kier alpha value is -1.88. The number of aryl methyl sites for hydroxylation is 2. The molecule has 2 N–H and O–H groups in total. The summed E-state index contributed by atoms with van der Waals surface area (Å²) in [6.45, 7) is 8.06. The van der Waals surface area contributed by atoms with Crippen molar-refractivity contribution in [3.8, 4) is 0 Å². The second-order valence-electron chi connectivity index (χ2n) is 4.07. The van der Waals surface area contributed by atoms with Crippen LogP contribution in [0, 0.1) is 13.8 Å². The van der Waals surface area contributed by atoms with E-state index < -0.39 is 0 Å². The first-order valence-corrected chi connectivity index (χ1v) is 6.45. The lowest BCUT2D eigenvalue weighted by Crippen LogP contribution is -2.28. The van der Waals surface area contributed by atoms with Crippen molar-refractivity contribution in [3.63, 3.8) is 0 Å². The molecular weight excluding hydrogens is 246 g/mol. The maximum absolute atomic E-state index is 11.5. The Bertz CT molecular complexity index is 604. The first-order chi connectivity index (χ1) is 8.60. The van der Waals surface area contributed by atoms with Crippen LogP contribution in [0.2, 0.25) is 0 Å². The lowest BCUT2D eigenvalue weighted by atomic mass is 10.1. The third-order valence-corrected chi connectivity index (χ3v) is 3.38. The third-order valence-electron chi connectivity index (χ3n) is 2.46. The summed E-state index contributed by atoms with van der Waals surface area (Å²) in [5.41, 5.74) is 3.27. The fourth-order valence-electron chi connectivity index (χ4n) is 1.73. The second kappa shape index (κ2) is 5.18. The van der Waals surface area contributed by atoms with E-state index in [2.05, 4.69) is 41.3 Å². The number of carbonyl (C=O) groups is 1. The number of urea groups is 1. The monoisotopic (exact) mass is 261 g/mol. The van der Waals surface area contributed by atoms with E-state index in [4.69, 9.17) is 0 Å². The van der Waals surface area contributed by atoms with E-state index in [1.807, 2.05) is 6.92 Å². The highest BCUT2D eigenvalue weighted by Gasteiger charge is 2.09. The molecular formula is C13H15N3OS. The number of aromatic nitrogens is 1. The van der Waals surface area contributed by atoms with Crippen LogP contribution < -0.4 is 10.6 Å². The molecule has 0 spiro atoms. The minimum Gasteiger partial charge on any atom is -0.334 e. The first kappa shape index (κ1) is 12.6. The van der Waals surface area contributed by atoms with Gasteiger partial charge in [-0.2, -0.15) is 0 Å². The summed E-state index contributed by atoms with van der Waals surface area (Å²) in [7, 11) is 0. The zero-order valence-electron chi connectivity index (χ0n) is 10.4. The third kappa shape index (κ3) is 2.68. The molecule has 2 aromatic rings. The smallest absolute Gasteiger partial charge is 0.321 e. The van der Waals surface area contributed by atoms with E-state index in [1.165, 1.54) is 16.9 Å². The van der Waals surface area contributed by atoms with E-state index in [9.17, 15) is 4.79 Å². The molecule has 0 radical (unpaired) electrons. The summed E-state index contributed by atoms with van der Waals surface area (Å²) >= 11 is 1.48. The number of nitrogens with one attached hydrogen (secondary N) is 2. The van der Waals surface area contributed by atoms with Crippen molar-refractivity contribution in [1.82, 2.24) is 10.3 Å². The van der Waals surface area contributed by atoms with Gasteiger partial charge in [0.1, 0.15) is 0 Å². The Kier molecular flexibility index (Phi) is 3.62. The number of carbonyl (C=O) groups excluding carboxylic acids is 1. The Morgan fingerprint density at radius 1 is 1.50 bits per heavy atom. The van der Waals surface area contributed by atoms with Gasteiger partial charge < -0.3 is 5.32 Å². The van der Waals surface area contributed by atoms with Crippen LogP contribution in [0.1, 0.15) is 11.1 Å². The largest absolute Gasteiger partial charge is 0.334 e. The van der Waals surface area contributed by atoms with Gasteiger partial charge in [0.05, 0.1) is 10.2 Å². The van der Waals surface area contributed by atoms with Crippen LogP contribution in [0.15, 0.2) is 24.8 Å². The number of benzene rings is 1. The van der Waals surface area contributed by atoms with Gasteiger partial charge in [-0.1, -0.05) is 23.5 Å². The van der Waals surface area contributed by atoms with Crippen LogP contribution in [-0.4, -0.2) is 17.6 Å². The van der Waals surface area contributed by atoms with Gasteiger partial charge in [0, 0.05) is 6.54 Å². The van der Waals surface area contributed by atoms with Gasteiger partial charge in [0.25, 0.3) is 0 Å². The van der Waals surface area contributed by atoms with Gasteiger partial charge in [-0.25, -0.2) is 9.78 Å². The van der Waals surface area contributed by atoms with E-state index in [0.717, 1.165) is 15.8 Å². The second-order valence-corrected chi connectivity index (χ2v) is 5.10. The van der Waals surface area contributed by atoms with Crippen molar-refractivity contribution < 1.29 is 4.79 Å². The molecule has 0 bridgehead atoms. The zero-order valence-corrected chi connectivity index (χ0v) is 11.2. The summed E-state index contributed by atoms with van der Waals surface area (Å²) < 4.78 is 1.09. The van der Waals surface area contributed by atoms with Crippen molar-refractivity contribution in [2.45, 2.75) is 13.8 Å². The number of hydrogen-bond donors (Lipinski definition) is 2. The number of nitrogens with zero attached hydrogens (tertiary/aromatic N) is 1. The molecule has 5 heteroatoms. The Morgan fingerprint density at radius 3 is 3.00 bits per heavy atom. The van der Waals surface area contributed by atoms with Crippen LogP contribution in [-0.2, 0) is 0 Å². The lowest BCUT2D eigenvalue weighted by molar-refractivity contribution is 0.253. The molecule has 0 aliphatic carbocycles. The van der Waals surface area contributed by atoms with Gasteiger partial charge in [-0.15, -0.1) is 6.58 Å². The number of amides is 2. The molecule has 1 aromatic carbocycles. The molecule has 4 nitrogen and oxygen atoms in total. The SMILES string of the molecule is C=CCNC(=O)Nc1nc2c(C)cc(C)cc2s1. The molecule has 0 aliphatic heterocycles. The molecule has 1 aromatic heterocycles. The number of fused-ring (bicyclic) bond motifs is 1. The van der Waals surface area contributed by atoms with Crippen molar-refractivity contribution >= 4 is 32.7 Å². The standard InChI is InChI=1S/C13H15N3OS/c1-4-5-14-12(17)16-13-15-11-9(3)6-8(2)7-10(11)18-13/h4,6-7H,1,5H2,2-3H3,(H2,14,15,16,17). The van der Waals surface area contributed by atoms with Crippen LogP contribution >= 0.6 is 11.3 Å². The average Bonchev–Trinajstić information content (AvgIpc) is 2.69. The van der Waals surface area contributed by atoms with Crippen LogP contribution in [0.5, 0.6) is 0 Å². The van der Waals surface area contributed by atoms with Crippen molar-refractivity contribution in [2.75, 3.05) is 11.9 Å². The van der Waals surface area contributed by atoms with Gasteiger partial charge >= 0.3 is 6.03 Å². The summed E-state index contributed by atoms with van der Waals surface area (Å²) in [4.78, 5) is 15.9. The topological polar surface area (TPSA) is 54.0 Å². The van der Waals surface area contributed by atoms with Crippen LogP contribution in [0.25, 0.3) is 10.2 Å². The normalized spacial score (nSPS) is 10.3. The molecule has 1 heterocycles. The molecule has 0 atom stereocenters. The van der Waals surface area contributed by atoms with Crippen LogP contribution in [0.4, 0.5) is 9.93 Å². The Labute approximate surface area is 110 Å². The number of anilines is 1. The van der Waals surface area contributed by atoms with Gasteiger partial charge in [-0.05, 0) is 31.0 Å². The van der Waals surface area contributed by atoms with Crippen molar-refractivity contribution in [3.05, 3.63) is 35.9 Å². The van der Waals surface area contributed by atoms with E-state index in [0.29, 0.717) is 11.7 Å². The highest BCUT2D eigenvalue weighted by atomic mass is 32.1. The highest BCUT2D eigenvalue weighted by molar-refractivity contribution is 7.22. The van der Waals surface area contributed by atoms with Crippen LogP contribution in [0.3, 0.4) is 0 Å². The molecule has 2 amide bonds. The molecule has 2 rings (SSSR count). The lowest BCUT2D eigenvalue weighted by Gasteiger charge is -2.01. The molecule has 0 saturated carbocycles. The van der Waals surface area contributed by atoms with E-state index in [-0.39, 0.29) is 6.03 Å². The average molecular weight is 261 g/mol. The molecule has 18 heavy (non-hydrogen) atoms. The first-order valence-electron chi connectivity index (χ1n) is 5.63. The fraction of sp³-hybridized carbons (Fsp3) is 0.231. The van der Waals surface area contributed by atoms with Gasteiger partial charge in [0.2, 0.25) is 0 Å². The minimum absolute atomic E-state index is 0.261. The quantitative estimate of drug-likeness (QED) is 0.833. The maximum Gasteiger partial charge on any atom is 0.321 e. The van der Waals surface area contributed by atoms with E-state index >= 15 is 0 Å². The molecule has 0 fully saturated rings. The number of thiazole rings is 1. The summed E-state index contributed by atoms with van der Waals surface area (Å²) in [5, 5.41) is 5.98. The fourth-order valence-corrected chi connectivity index (χ4v) is 2.77. The van der Waals surface area contributed by atoms with E-state index in [1.54, 1.807) is 6.08 Å². The van der Waals surface area contributed by atoms with Gasteiger partial charge in [-0.3, -0.25) is 5.32 Å². The number of rotatable bonds is 3. The predicted molar refractivity (Wildman–Crippen MR) is 76.3 cm³/mol.